The molecule has 0 saturated carbocycles. The molecule has 7 nitrogen and oxygen atoms in total. The SMILES string of the molecule is COCC(C)(C)NC(=O)NC(C(=O)O)C(C)O. The number of urea groups is 1. The number of aliphatic carboxylic acids is 1. The van der Waals surface area contributed by atoms with Gasteiger partial charge in [0.2, 0.25) is 0 Å². The van der Waals surface area contributed by atoms with Crippen LogP contribution in [0.5, 0.6) is 0 Å². The zero-order valence-electron chi connectivity index (χ0n) is 10.5. The van der Waals surface area contributed by atoms with Gasteiger partial charge in [-0.1, -0.05) is 0 Å². The van der Waals surface area contributed by atoms with E-state index in [0.717, 1.165) is 0 Å². The summed E-state index contributed by atoms with van der Waals surface area (Å²) in [6, 6.07) is -2.01. The summed E-state index contributed by atoms with van der Waals surface area (Å²) in [6.07, 6.45) is -1.18. The van der Waals surface area contributed by atoms with Crippen LogP contribution in [-0.2, 0) is 9.53 Å². The Balaban J connectivity index is 4.38. The van der Waals surface area contributed by atoms with Crippen molar-refractivity contribution in [1.82, 2.24) is 10.6 Å². The van der Waals surface area contributed by atoms with Crippen LogP contribution in [0.4, 0.5) is 4.79 Å². The van der Waals surface area contributed by atoms with Gasteiger partial charge in [0.25, 0.3) is 0 Å². The Hall–Kier alpha value is -1.34. The summed E-state index contributed by atoms with van der Waals surface area (Å²) in [7, 11) is 1.50. The third-order valence-corrected chi connectivity index (χ3v) is 1.99. The first-order chi connectivity index (χ1) is 7.69. The van der Waals surface area contributed by atoms with Crippen LogP contribution in [0.15, 0.2) is 0 Å². The standard InChI is InChI=1S/C10H20N2O5/c1-6(13)7(8(14)15)11-9(16)12-10(2,3)5-17-4/h6-7,13H,5H2,1-4H3,(H,14,15)(H2,11,12,16). The quantitative estimate of drug-likeness (QED) is 0.509. The van der Waals surface area contributed by atoms with Crippen LogP contribution in [-0.4, -0.2) is 53.6 Å². The summed E-state index contributed by atoms with van der Waals surface area (Å²) in [4.78, 5) is 22.2. The number of rotatable bonds is 6. The van der Waals surface area contributed by atoms with Crippen LogP contribution in [0.2, 0.25) is 0 Å². The molecule has 0 aromatic carbocycles. The molecule has 100 valence electrons. The minimum absolute atomic E-state index is 0.285. The van der Waals surface area contributed by atoms with E-state index >= 15 is 0 Å². The predicted octanol–water partition coefficient (Wildman–Crippen LogP) is -0.455. The molecule has 2 atom stereocenters. The van der Waals surface area contributed by atoms with Gasteiger partial charge in [-0.05, 0) is 20.8 Å². The number of aliphatic hydroxyl groups excluding tert-OH is 1. The van der Waals surface area contributed by atoms with E-state index in [1.807, 2.05) is 0 Å². The minimum atomic E-state index is -1.34. The van der Waals surface area contributed by atoms with Gasteiger partial charge in [-0.3, -0.25) is 0 Å². The molecule has 0 aliphatic rings. The topological polar surface area (TPSA) is 108 Å². The molecule has 0 heterocycles. The molecule has 0 aliphatic heterocycles. The first kappa shape index (κ1) is 15.7. The molecule has 0 spiro atoms. The van der Waals surface area contributed by atoms with Gasteiger partial charge in [-0.15, -0.1) is 0 Å². The number of hydrogen-bond acceptors (Lipinski definition) is 4. The normalized spacial score (nSPS) is 14.9. The Morgan fingerprint density at radius 3 is 2.29 bits per heavy atom. The van der Waals surface area contributed by atoms with Crippen LogP contribution in [0.1, 0.15) is 20.8 Å². The second-order valence-corrected chi connectivity index (χ2v) is 4.47. The second kappa shape index (κ2) is 6.41. The van der Waals surface area contributed by atoms with Gasteiger partial charge in [-0.25, -0.2) is 9.59 Å². The number of ether oxygens (including phenoxy) is 1. The number of carboxylic acids is 1. The van der Waals surface area contributed by atoms with Gasteiger partial charge in [-0.2, -0.15) is 0 Å². The summed E-state index contributed by atoms with van der Waals surface area (Å²) in [6.45, 7) is 5.04. The molecule has 2 amide bonds. The first-order valence-electron chi connectivity index (χ1n) is 5.18. The maximum absolute atomic E-state index is 11.5. The molecule has 0 saturated heterocycles. The summed E-state index contributed by atoms with van der Waals surface area (Å²) in [5.74, 6) is -1.29. The number of hydrogen-bond donors (Lipinski definition) is 4. The molecule has 7 heteroatoms. The summed E-state index contributed by atoms with van der Waals surface area (Å²) in [5.41, 5.74) is -0.624. The van der Waals surface area contributed by atoms with E-state index in [2.05, 4.69) is 10.6 Å². The van der Waals surface area contributed by atoms with Crippen molar-refractivity contribution < 1.29 is 24.5 Å². The van der Waals surface area contributed by atoms with Crippen molar-refractivity contribution >= 4 is 12.0 Å². The Morgan fingerprint density at radius 2 is 1.94 bits per heavy atom. The Kier molecular flexibility index (Phi) is 5.90. The fourth-order valence-electron chi connectivity index (χ4n) is 1.27. The van der Waals surface area contributed by atoms with Crippen molar-refractivity contribution in [3.05, 3.63) is 0 Å². The molecular formula is C10H20N2O5. The van der Waals surface area contributed by atoms with Crippen molar-refractivity contribution in [1.29, 1.82) is 0 Å². The highest BCUT2D eigenvalue weighted by Gasteiger charge is 2.27. The van der Waals surface area contributed by atoms with Gasteiger partial charge in [0, 0.05) is 7.11 Å². The molecule has 0 bridgehead atoms. The van der Waals surface area contributed by atoms with E-state index in [1.54, 1.807) is 13.8 Å². The molecule has 0 aromatic rings. The highest BCUT2D eigenvalue weighted by molar-refractivity contribution is 5.83. The van der Waals surface area contributed by atoms with Gasteiger partial charge in [0.15, 0.2) is 6.04 Å². The van der Waals surface area contributed by atoms with Crippen LogP contribution in [0.25, 0.3) is 0 Å². The molecule has 4 N–H and O–H groups in total. The van der Waals surface area contributed by atoms with Crippen LogP contribution in [0, 0.1) is 0 Å². The number of nitrogens with one attached hydrogen (secondary N) is 2. The number of carbonyl (C=O) groups is 2. The second-order valence-electron chi connectivity index (χ2n) is 4.47. The molecule has 0 fully saturated rings. The van der Waals surface area contributed by atoms with Crippen molar-refractivity contribution in [3.63, 3.8) is 0 Å². The summed E-state index contributed by atoms with van der Waals surface area (Å²) < 4.78 is 4.90. The van der Waals surface area contributed by atoms with E-state index in [4.69, 9.17) is 9.84 Å². The van der Waals surface area contributed by atoms with E-state index < -0.39 is 29.7 Å². The van der Waals surface area contributed by atoms with E-state index in [9.17, 15) is 14.7 Å². The summed E-state index contributed by atoms with van der Waals surface area (Å²) >= 11 is 0. The maximum atomic E-state index is 11.5. The molecular weight excluding hydrogens is 228 g/mol. The molecule has 17 heavy (non-hydrogen) atoms. The van der Waals surface area contributed by atoms with Crippen molar-refractivity contribution in [2.45, 2.75) is 38.5 Å². The molecule has 0 aliphatic carbocycles. The van der Waals surface area contributed by atoms with Gasteiger partial charge in [0.05, 0.1) is 18.2 Å². The maximum Gasteiger partial charge on any atom is 0.328 e. The Morgan fingerprint density at radius 1 is 1.41 bits per heavy atom. The lowest BCUT2D eigenvalue weighted by Gasteiger charge is -2.27. The monoisotopic (exact) mass is 248 g/mol. The number of methoxy groups -OCH3 is 1. The average Bonchev–Trinajstić information content (AvgIpc) is 2.11. The highest BCUT2D eigenvalue weighted by Crippen LogP contribution is 2.02. The lowest BCUT2D eigenvalue weighted by atomic mass is 10.1. The van der Waals surface area contributed by atoms with Crippen LogP contribution >= 0.6 is 0 Å². The predicted molar refractivity (Wildman–Crippen MR) is 60.7 cm³/mol. The third kappa shape index (κ3) is 6.08. The smallest absolute Gasteiger partial charge is 0.328 e. The number of carboxylic acid groups (broad SMARTS) is 1. The molecule has 0 rings (SSSR count). The summed E-state index contributed by atoms with van der Waals surface area (Å²) in [5, 5.41) is 22.7. The third-order valence-electron chi connectivity index (χ3n) is 1.99. The Bertz CT molecular complexity index is 278. The highest BCUT2D eigenvalue weighted by atomic mass is 16.5. The molecule has 0 aromatic heterocycles. The fraction of sp³-hybridized carbons (Fsp3) is 0.800. The minimum Gasteiger partial charge on any atom is -0.480 e. The van der Waals surface area contributed by atoms with Crippen molar-refractivity contribution in [2.75, 3.05) is 13.7 Å². The first-order valence-corrected chi connectivity index (χ1v) is 5.18. The average molecular weight is 248 g/mol. The zero-order valence-corrected chi connectivity index (χ0v) is 10.5. The van der Waals surface area contributed by atoms with Crippen molar-refractivity contribution in [3.8, 4) is 0 Å². The van der Waals surface area contributed by atoms with E-state index in [0.29, 0.717) is 0 Å². The zero-order chi connectivity index (χ0) is 13.6. The number of amides is 2. The fourth-order valence-corrected chi connectivity index (χ4v) is 1.27. The lowest BCUT2D eigenvalue weighted by Crippen LogP contribution is -2.56. The van der Waals surface area contributed by atoms with Gasteiger partial charge < -0.3 is 25.6 Å². The van der Waals surface area contributed by atoms with Crippen LogP contribution < -0.4 is 10.6 Å². The van der Waals surface area contributed by atoms with E-state index in [1.165, 1.54) is 14.0 Å². The van der Waals surface area contributed by atoms with Crippen molar-refractivity contribution in [2.24, 2.45) is 0 Å². The number of aliphatic hydroxyl groups is 1. The van der Waals surface area contributed by atoms with E-state index in [-0.39, 0.29) is 6.61 Å². The largest absolute Gasteiger partial charge is 0.480 e. The number of carbonyl (C=O) groups excluding carboxylic acids is 1. The lowest BCUT2D eigenvalue weighted by molar-refractivity contribution is -0.141. The molecule has 0 radical (unpaired) electrons. The van der Waals surface area contributed by atoms with Gasteiger partial charge in [0.1, 0.15) is 0 Å². The molecule has 2 unspecified atom stereocenters. The Labute approximate surface area is 100 Å². The van der Waals surface area contributed by atoms with Crippen LogP contribution in [0.3, 0.4) is 0 Å². The van der Waals surface area contributed by atoms with Gasteiger partial charge >= 0.3 is 12.0 Å².